The highest BCUT2D eigenvalue weighted by Gasteiger charge is 2.17. The van der Waals surface area contributed by atoms with Crippen LogP contribution in [-0.4, -0.2) is 25.2 Å². The monoisotopic (exact) mass is 220 g/mol. The molecule has 0 rings (SSSR count). The van der Waals surface area contributed by atoms with Crippen molar-refractivity contribution in [3.8, 4) is 0 Å². The summed E-state index contributed by atoms with van der Waals surface area (Å²) in [7, 11) is -2.94. The average Bonchev–Trinajstić information content (AvgIpc) is 1.99. The lowest BCUT2D eigenvalue weighted by Gasteiger charge is -2.11. The number of carbonyl (C=O) groups is 1. The van der Waals surface area contributed by atoms with E-state index in [9.17, 15) is 13.2 Å². The molecule has 0 saturated carbocycles. The molecule has 3 nitrogen and oxygen atoms in total. The Morgan fingerprint density at radius 2 is 1.71 bits per heavy atom. The Kier molecular flexibility index (Phi) is 5.34. The fraction of sp³-hybridized carbons (Fsp3) is 0.900. The lowest BCUT2D eigenvalue weighted by molar-refractivity contribution is -0.117. The molecule has 0 heterocycles. The third-order valence-corrected chi connectivity index (χ3v) is 4.49. The molecule has 0 aliphatic heterocycles. The number of rotatable bonds is 6. The average molecular weight is 220 g/mol. The zero-order valence-corrected chi connectivity index (χ0v) is 10.2. The van der Waals surface area contributed by atoms with Crippen LogP contribution in [0.5, 0.6) is 0 Å². The van der Waals surface area contributed by atoms with Gasteiger partial charge < -0.3 is 4.79 Å². The predicted octanol–water partition coefficient (Wildman–Crippen LogP) is 1.81. The van der Waals surface area contributed by atoms with Gasteiger partial charge in [0, 0.05) is 6.42 Å². The van der Waals surface area contributed by atoms with Crippen LogP contribution in [0.3, 0.4) is 0 Å². The summed E-state index contributed by atoms with van der Waals surface area (Å²) in [6.07, 6.45) is 1.06. The lowest BCUT2D eigenvalue weighted by atomic mass is 10.0. The fourth-order valence-electron chi connectivity index (χ4n) is 1.19. The summed E-state index contributed by atoms with van der Waals surface area (Å²) in [5.41, 5.74) is 0. The normalized spacial score (nSPS) is 14.4. The van der Waals surface area contributed by atoms with E-state index in [1.54, 1.807) is 13.8 Å². The van der Waals surface area contributed by atoms with Crippen molar-refractivity contribution < 1.29 is 13.2 Å². The van der Waals surface area contributed by atoms with Gasteiger partial charge in [0.05, 0.1) is 11.0 Å². The Balaban J connectivity index is 4.01. The fourth-order valence-corrected chi connectivity index (χ4v) is 2.40. The smallest absolute Gasteiger partial charge is 0.152 e. The number of sulfone groups is 1. The van der Waals surface area contributed by atoms with E-state index in [-0.39, 0.29) is 22.7 Å². The molecular formula is C10H20O3S. The molecule has 0 radical (unpaired) electrons. The van der Waals surface area contributed by atoms with Crippen molar-refractivity contribution >= 4 is 15.6 Å². The van der Waals surface area contributed by atoms with Crippen LogP contribution >= 0.6 is 0 Å². The van der Waals surface area contributed by atoms with Crippen LogP contribution in [0.25, 0.3) is 0 Å². The Hall–Kier alpha value is -0.380. The van der Waals surface area contributed by atoms with Crippen LogP contribution in [0.2, 0.25) is 0 Å². The van der Waals surface area contributed by atoms with E-state index >= 15 is 0 Å². The third kappa shape index (κ3) is 5.37. The van der Waals surface area contributed by atoms with Crippen LogP contribution in [0.1, 0.15) is 40.5 Å². The third-order valence-electron chi connectivity index (χ3n) is 2.25. The van der Waals surface area contributed by atoms with E-state index < -0.39 is 9.84 Å². The van der Waals surface area contributed by atoms with Gasteiger partial charge in [-0.25, -0.2) is 8.42 Å². The summed E-state index contributed by atoms with van der Waals surface area (Å²) in [5, 5.41) is -0.313. The molecule has 1 unspecified atom stereocenters. The zero-order chi connectivity index (χ0) is 11.4. The molecule has 0 amide bonds. The molecule has 1 atom stereocenters. The van der Waals surface area contributed by atoms with E-state index in [0.29, 0.717) is 12.8 Å². The van der Waals surface area contributed by atoms with E-state index in [1.165, 1.54) is 6.92 Å². The summed E-state index contributed by atoms with van der Waals surface area (Å²) < 4.78 is 22.9. The van der Waals surface area contributed by atoms with Crippen molar-refractivity contribution in [1.29, 1.82) is 0 Å². The van der Waals surface area contributed by atoms with Crippen molar-refractivity contribution in [2.24, 2.45) is 5.92 Å². The number of hydrogen-bond acceptors (Lipinski definition) is 3. The molecule has 0 aliphatic rings. The molecule has 84 valence electrons. The first-order chi connectivity index (χ1) is 6.25. The van der Waals surface area contributed by atoms with Crippen LogP contribution < -0.4 is 0 Å². The molecule has 0 fully saturated rings. The van der Waals surface area contributed by atoms with Crippen LogP contribution in [0.15, 0.2) is 0 Å². The maximum absolute atomic E-state index is 11.4. The van der Waals surface area contributed by atoms with E-state index in [1.807, 2.05) is 6.92 Å². The number of hydrogen-bond donors (Lipinski definition) is 0. The van der Waals surface area contributed by atoms with Gasteiger partial charge in [-0.15, -0.1) is 0 Å². The quantitative estimate of drug-likeness (QED) is 0.686. The highest BCUT2D eigenvalue weighted by Crippen LogP contribution is 2.12. The summed E-state index contributed by atoms with van der Waals surface area (Å²) in [5.74, 6) is 0.486. The first-order valence-corrected chi connectivity index (χ1v) is 6.68. The molecule has 0 N–H and O–H groups in total. The second-order valence-electron chi connectivity index (χ2n) is 4.22. The van der Waals surface area contributed by atoms with Gasteiger partial charge in [0.2, 0.25) is 0 Å². The van der Waals surface area contributed by atoms with Gasteiger partial charge in [-0.2, -0.15) is 0 Å². The number of Topliss-reactive ketones (excluding diaryl/α,β-unsaturated/α-hetero) is 1. The maximum atomic E-state index is 11.4. The van der Waals surface area contributed by atoms with Gasteiger partial charge in [-0.3, -0.25) is 0 Å². The molecular weight excluding hydrogens is 200 g/mol. The van der Waals surface area contributed by atoms with Crippen molar-refractivity contribution in [1.82, 2.24) is 0 Å². The minimum atomic E-state index is -2.94. The van der Waals surface area contributed by atoms with Crippen molar-refractivity contribution in [2.45, 2.75) is 45.8 Å². The second kappa shape index (κ2) is 5.49. The SMILES string of the molecule is CC(=O)CC(C)CCS(=O)(=O)C(C)C. The Morgan fingerprint density at radius 1 is 1.21 bits per heavy atom. The zero-order valence-electron chi connectivity index (χ0n) is 9.41. The molecule has 0 bridgehead atoms. The van der Waals surface area contributed by atoms with Crippen molar-refractivity contribution in [3.63, 3.8) is 0 Å². The van der Waals surface area contributed by atoms with Crippen LogP contribution in [-0.2, 0) is 14.6 Å². The molecule has 0 saturated heterocycles. The van der Waals surface area contributed by atoms with E-state index in [2.05, 4.69) is 0 Å². The topological polar surface area (TPSA) is 51.2 Å². The molecule has 0 aromatic heterocycles. The maximum Gasteiger partial charge on any atom is 0.152 e. The Bertz CT molecular complexity index is 278. The lowest BCUT2D eigenvalue weighted by Crippen LogP contribution is -2.19. The van der Waals surface area contributed by atoms with Gasteiger partial charge in [0.25, 0.3) is 0 Å². The highest BCUT2D eigenvalue weighted by molar-refractivity contribution is 7.91. The Labute approximate surface area is 86.8 Å². The summed E-state index contributed by atoms with van der Waals surface area (Å²) in [6, 6.07) is 0. The first kappa shape index (κ1) is 13.6. The predicted molar refractivity (Wildman–Crippen MR) is 58.0 cm³/mol. The summed E-state index contributed by atoms with van der Waals surface area (Å²) in [4.78, 5) is 10.8. The van der Waals surface area contributed by atoms with Gasteiger partial charge in [0.1, 0.15) is 5.78 Å². The molecule has 0 spiro atoms. The second-order valence-corrected chi connectivity index (χ2v) is 6.89. The number of carbonyl (C=O) groups excluding carboxylic acids is 1. The van der Waals surface area contributed by atoms with E-state index in [0.717, 1.165) is 0 Å². The number of ketones is 1. The summed E-state index contributed by atoms with van der Waals surface area (Å²) >= 11 is 0. The molecule has 0 aromatic carbocycles. The highest BCUT2D eigenvalue weighted by atomic mass is 32.2. The molecule has 4 heteroatoms. The van der Waals surface area contributed by atoms with Gasteiger partial charge in [-0.05, 0) is 33.1 Å². The van der Waals surface area contributed by atoms with Crippen LogP contribution in [0, 0.1) is 5.92 Å². The molecule has 0 aromatic rings. The first-order valence-electron chi connectivity index (χ1n) is 4.96. The Morgan fingerprint density at radius 3 is 2.07 bits per heavy atom. The molecule has 14 heavy (non-hydrogen) atoms. The molecule has 0 aliphatic carbocycles. The van der Waals surface area contributed by atoms with Gasteiger partial charge >= 0.3 is 0 Å². The minimum Gasteiger partial charge on any atom is -0.300 e. The minimum absolute atomic E-state index is 0.124. The van der Waals surface area contributed by atoms with Crippen molar-refractivity contribution in [2.75, 3.05) is 5.75 Å². The van der Waals surface area contributed by atoms with Gasteiger partial charge in [0.15, 0.2) is 9.84 Å². The largest absolute Gasteiger partial charge is 0.300 e. The summed E-state index contributed by atoms with van der Waals surface area (Å²) in [6.45, 7) is 6.82. The van der Waals surface area contributed by atoms with Crippen LogP contribution in [0.4, 0.5) is 0 Å². The van der Waals surface area contributed by atoms with Crippen molar-refractivity contribution in [3.05, 3.63) is 0 Å². The van der Waals surface area contributed by atoms with Gasteiger partial charge in [-0.1, -0.05) is 6.92 Å². The van der Waals surface area contributed by atoms with E-state index in [4.69, 9.17) is 0 Å². The standard InChI is InChI=1S/C10H20O3S/c1-8(2)14(12,13)6-5-9(3)7-10(4)11/h8-9H,5-7H2,1-4H3.